The van der Waals surface area contributed by atoms with E-state index in [1.54, 1.807) is 6.20 Å². The molecule has 1 aromatic rings. The Morgan fingerprint density at radius 2 is 2.05 bits per heavy atom. The van der Waals surface area contributed by atoms with Gasteiger partial charge < -0.3 is 5.73 Å². The van der Waals surface area contributed by atoms with Gasteiger partial charge in [-0.25, -0.2) is 0 Å². The largest absolute Gasteiger partial charge is 0.397 e. The molecule has 0 aliphatic heterocycles. The number of rotatable bonds is 6. The van der Waals surface area contributed by atoms with Crippen molar-refractivity contribution < 1.29 is 0 Å². The van der Waals surface area contributed by atoms with Gasteiger partial charge in [-0.1, -0.05) is 26.7 Å². The summed E-state index contributed by atoms with van der Waals surface area (Å²) in [5, 5.41) is 0. The van der Waals surface area contributed by atoms with Crippen LogP contribution in [0.1, 0.15) is 45.2 Å². The topological polar surface area (TPSA) is 42.1 Å². The zero-order chi connectivity index (χ0) is 13.7. The molecule has 1 aliphatic carbocycles. The van der Waals surface area contributed by atoms with E-state index in [1.807, 2.05) is 6.07 Å². The summed E-state index contributed by atoms with van der Waals surface area (Å²) in [6, 6.07) is 4.80. The minimum Gasteiger partial charge on any atom is -0.397 e. The van der Waals surface area contributed by atoms with E-state index in [0.29, 0.717) is 0 Å². The summed E-state index contributed by atoms with van der Waals surface area (Å²) in [4.78, 5) is 7.08. The molecule has 0 amide bonds. The number of nitrogens with zero attached hydrogens (tertiary/aromatic N) is 2. The van der Waals surface area contributed by atoms with Crippen LogP contribution in [0.5, 0.6) is 0 Å². The van der Waals surface area contributed by atoms with Crippen molar-refractivity contribution in [2.24, 2.45) is 5.92 Å². The maximum Gasteiger partial charge on any atom is 0.0501 e. The normalized spacial score (nSPS) is 16.6. The molecule has 106 valence electrons. The molecule has 0 aromatic carbocycles. The number of hydrogen-bond acceptors (Lipinski definition) is 3. The Balaban J connectivity index is 1.89. The molecule has 0 bridgehead atoms. The van der Waals surface area contributed by atoms with Gasteiger partial charge in [-0.05, 0) is 30.9 Å². The summed E-state index contributed by atoms with van der Waals surface area (Å²) < 4.78 is 0. The van der Waals surface area contributed by atoms with Crippen molar-refractivity contribution in [3.8, 4) is 0 Å². The molecule has 0 radical (unpaired) electrons. The van der Waals surface area contributed by atoms with Gasteiger partial charge in [0.1, 0.15) is 0 Å². The van der Waals surface area contributed by atoms with Crippen LogP contribution in [0.15, 0.2) is 18.3 Å². The summed E-state index contributed by atoms with van der Waals surface area (Å²) in [5.41, 5.74) is 7.58. The third-order valence-corrected chi connectivity index (χ3v) is 3.94. The van der Waals surface area contributed by atoms with Crippen LogP contribution in [0.3, 0.4) is 0 Å². The van der Waals surface area contributed by atoms with Gasteiger partial charge in [-0.15, -0.1) is 0 Å². The van der Waals surface area contributed by atoms with Crippen molar-refractivity contribution >= 4 is 5.69 Å². The molecule has 1 fully saturated rings. The fourth-order valence-electron chi connectivity index (χ4n) is 3.00. The molecule has 3 nitrogen and oxygen atoms in total. The summed E-state index contributed by atoms with van der Waals surface area (Å²) >= 11 is 0. The van der Waals surface area contributed by atoms with Crippen LogP contribution in [0, 0.1) is 5.92 Å². The van der Waals surface area contributed by atoms with Crippen LogP contribution in [-0.4, -0.2) is 29.0 Å². The average Bonchev–Trinajstić information content (AvgIpc) is 2.90. The highest BCUT2D eigenvalue weighted by atomic mass is 15.2. The first-order chi connectivity index (χ1) is 9.15. The van der Waals surface area contributed by atoms with Gasteiger partial charge in [0.25, 0.3) is 0 Å². The van der Waals surface area contributed by atoms with Crippen LogP contribution in [0.4, 0.5) is 5.69 Å². The SMILES string of the molecule is CC(C)CN(CCc1ccc(N)cn1)C1CCCC1. The minimum atomic E-state index is 0.736. The lowest BCUT2D eigenvalue weighted by atomic mass is 10.1. The lowest BCUT2D eigenvalue weighted by Gasteiger charge is -2.30. The number of anilines is 1. The number of aromatic nitrogens is 1. The Morgan fingerprint density at radius 1 is 1.32 bits per heavy atom. The van der Waals surface area contributed by atoms with Gasteiger partial charge in [-0.3, -0.25) is 9.88 Å². The molecule has 2 rings (SSSR count). The van der Waals surface area contributed by atoms with Crippen LogP contribution < -0.4 is 5.73 Å². The van der Waals surface area contributed by atoms with Crippen molar-refractivity contribution in [1.29, 1.82) is 0 Å². The van der Waals surface area contributed by atoms with Crippen molar-refractivity contribution in [2.75, 3.05) is 18.8 Å². The van der Waals surface area contributed by atoms with Gasteiger partial charge in [0, 0.05) is 31.2 Å². The van der Waals surface area contributed by atoms with E-state index in [-0.39, 0.29) is 0 Å². The fraction of sp³-hybridized carbons (Fsp3) is 0.688. The van der Waals surface area contributed by atoms with Gasteiger partial charge in [0.05, 0.1) is 11.9 Å². The second-order valence-corrected chi connectivity index (χ2v) is 6.16. The summed E-state index contributed by atoms with van der Waals surface area (Å²) in [7, 11) is 0. The van der Waals surface area contributed by atoms with E-state index < -0.39 is 0 Å². The molecule has 1 aliphatic rings. The first kappa shape index (κ1) is 14.3. The van der Waals surface area contributed by atoms with E-state index in [1.165, 1.54) is 32.2 Å². The van der Waals surface area contributed by atoms with E-state index in [0.717, 1.165) is 36.3 Å². The van der Waals surface area contributed by atoms with Crippen molar-refractivity contribution in [3.05, 3.63) is 24.0 Å². The van der Waals surface area contributed by atoms with Crippen molar-refractivity contribution in [1.82, 2.24) is 9.88 Å². The highest BCUT2D eigenvalue weighted by Crippen LogP contribution is 2.24. The average molecular weight is 261 g/mol. The molecule has 1 heterocycles. The molecule has 1 saturated carbocycles. The van der Waals surface area contributed by atoms with E-state index in [9.17, 15) is 0 Å². The van der Waals surface area contributed by atoms with Gasteiger partial charge in [0.2, 0.25) is 0 Å². The lowest BCUT2D eigenvalue weighted by Crippen LogP contribution is -2.37. The minimum absolute atomic E-state index is 0.736. The predicted octanol–water partition coefficient (Wildman–Crippen LogP) is 3.11. The highest BCUT2D eigenvalue weighted by Gasteiger charge is 2.22. The first-order valence-electron chi connectivity index (χ1n) is 7.59. The Labute approximate surface area is 117 Å². The summed E-state index contributed by atoms with van der Waals surface area (Å²) in [6.07, 6.45) is 8.35. The second kappa shape index (κ2) is 6.90. The fourth-order valence-corrected chi connectivity index (χ4v) is 3.00. The lowest BCUT2D eigenvalue weighted by molar-refractivity contribution is 0.179. The van der Waals surface area contributed by atoms with Gasteiger partial charge in [0.15, 0.2) is 0 Å². The van der Waals surface area contributed by atoms with Gasteiger partial charge >= 0.3 is 0 Å². The first-order valence-corrected chi connectivity index (χ1v) is 7.59. The summed E-state index contributed by atoms with van der Waals surface area (Å²) in [5.74, 6) is 0.736. The molecular formula is C16H27N3. The summed E-state index contributed by atoms with van der Waals surface area (Å²) in [6.45, 7) is 6.95. The molecule has 2 N–H and O–H groups in total. The molecule has 0 unspecified atom stereocenters. The van der Waals surface area contributed by atoms with Gasteiger partial charge in [-0.2, -0.15) is 0 Å². The molecule has 19 heavy (non-hydrogen) atoms. The maximum absolute atomic E-state index is 5.68. The van der Waals surface area contributed by atoms with E-state index in [4.69, 9.17) is 5.73 Å². The van der Waals surface area contributed by atoms with Crippen molar-refractivity contribution in [2.45, 2.75) is 52.0 Å². The molecule has 0 spiro atoms. The quantitative estimate of drug-likeness (QED) is 0.855. The maximum atomic E-state index is 5.68. The smallest absolute Gasteiger partial charge is 0.0501 e. The number of pyridine rings is 1. The molecular weight excluding hydrogens is 234 g/mol. The molecule has 0 saturated heterocycles. The van der Waals surface area contributed by atoms with Crippen molar-refractivity contribution in [3.63, 3.8) is 0 Å². The standard InChI is InChI=1S/C16H27N3/c1-13(2)12-19(16-5-3-4-6-16)10-9-15-8-7-14(17)11-18-15/h7-8,11,13,16H,3-6,9-10,12,17H2,1-2H3. The Morgan fingerprint density at radius 3 is 2.63 bits per heavy atom. The Kier molecular flexibility index (Phi) is 5.20. The number of nitrogen functional groups attached to an aromatic ring is 1. The van der Waals surface area contributed by atoms with E-state index >= 15 is 0 Å². The van der Waals surface area contributed by atoms with Crippen LogP contribution in [0.25, 0.3) is 0 Å². The Hall–Kier alpha value is -1.09. The third-order valence-electron chi connectivity index (χ3n) is 3.94. The van der Waals surface area contributed by atoms with Crippen LogP contribution in [-0.2, 0) is 6.42 Å². The van der Waals surface area contributed by atoms with E-state index in [2.05, 4.69) is 29.8 Å². The monoisotopic (exact) mass is 261 g/mol. The zero-order valence-electron chi connectivity index (χ0n) is 12.3. The van der Waals surface area contributed by atoms with Crippen LogP contribution >= 0.6 is 0 Å². The highest BCUT2D eigenvalue weighted by molar-refractivity contribution is 5.34. The number of nitrogens with two attached hydrogens (primary N) is 1. The number of hydrogen-bond donors (Lipinski definition) is 1. The molecule has 1 aromatic heterocycles. The molecule has 3 heteroatoms. The predicted molar refractivity (Wildman–Crippen MR) is 81.0 cm³/mol. The molecule has 0 atom stereocenters. The Bertz CT molecular complexity index is 366. The third kappa shape index (κ3) is 4.50. The van der Waals surface area contributed by atoms with Crippen LogP contribution in [0.2, 0.25) is 0 Å². The zero-order valence-corrected chi connectivity index (χ0v) is 12.3. The second-order valence-electron chi connectivity index (χ2n) is 6.16.